The maximum atomic E-state index is 11.7. The fraction of sp³-hybridized carbons (Fsp3) is 0.500. The van der Waals surface area contributed by atoms with Crippen molar-refractivity contribution in [1.29, 1.82) is 0 Å². The number of benzene rings is 1. The van der Waals surface area contributed by atoms with Gasteiger partial charge in [0.15, 0.2) is 6.61 Å². The molecule has 8 heteroatoms. The Morgan fingerprint density at radius 1 is 1.41 bits per heavy atom. The second kappa shape index (κ2) is 8.53. The van der Waals surface area contributed by atoms with E-state index in [4.69, 9.17) is 21.1 Å². The summed E-state index contributed by atoms with van der Waals surface area (Å²) in [5.74, 6) is -1.78. The van der Waals surface area contributed by atoms with Crippen LogP contribution in [0.1, 0.15) is 31.7 Å². The van der Waals surface area contributed by atoms with E-state index in [0.29, 0.717) is 17.2 Å². The van der Waals surface area contributed by atoms with Crippen molar-refractivity contribution in [1.82, 2.24) is 0 Å². The zero-order valence-electron chi connectivity index (χ0n) is 12.5. The second-order valence-corrected chi connectivity index (χ2v) is 7.06. The third-order valence-corrected chi connectivity index (χ3v) is 4.28. The number of halogens is 1. The summed E-state index contributed by atoms with van der Waals surface area (Å²) in [4.78, 5) is 30.1. The van der Waals surface area contributed by atoms with Crippen LogP contribution in [-0.4, -0.2) is 28.2 Å². The van der Waals surface area contributed by atoms with Crippen molar-refractivity contribution in [2.24, 2.45) is 0 Å². The highest BCUT2D eigenvalue weighted by Crippen LogP contribution is 2.44. The summed E-state index contributed by atoms with van der Waals surface area (Å²) in [5, 5.41) is 0.550. The molecule has 0 saturated carbocycles. The monoisotopic (exact) mass is 350 g/mol. The third-order valence-electron chi connectivity index (χ3n) is 2.93. The van der Waals surface area contributed by atoms with E-state index < -0.39 is 26.0 Å². The Morgan fingerprint density at radius 3 is 2.64 bits per heavy atom. The van der Waals surface area contributed by atoms with Gasteiger partial charge in [0.25, 0.3) is 0 Å². The minimum Gasteiger partial charge on any atom is -0.482 e. The van der Waals surface area contributed by atoms with Crippen LogP contribution in [0.2, 0.25) is 5.02 Å². The predicted octanol–water partition coefficient (Wildman–Crippen LogP) is 3.26. The van der Waals surface area contributed by atoms with E-state index in [1.807, 2.05) is 6.92 Å². The van der Waals surface area contributed by atoms with Crippen LogP contribution in [-0.2, 0) is 14.1 Å². The maximum absolute atomic E-state index is 11.7. The third kappa shape index (κ3) is 6.36. The van der Waals surface area contributed by atoms with Gasteiger partial charge in [0, 0.05) is 5.02 Å². The van der Waals surface area contributed by atoms with Crippen LogP contribution < -0.4 is 4.74 Å². The molecule has 1 unspecified atom stereocenters. The minimum absolute atomic E-state index is 0.118. The Bertz CT molecular complexity index is 556. The van der Waals surface area contributed by atoms with E-state index in [1.54, 1.807) is 25.1 Å². The molecule has 0 fully saturated rings. The first-order valence-corrected chi connectivity index (χ1v) is 8.93. The molecule has 124 valence electrons. The molecule has 0 bridgehead atoms. The summed E-state index contributed by atoms with van der Waals surface area (Å²) in [7, 11) is -4.49. The highest BCUT2D eigenvalue weighted by Gasteiger charge is 2.32. The Morgan fingerprint density at radius 2 is 2.09 bits per heavy atom. The van der Waals surface area contributed by atoms with Crippen molar-refractivity contribution in [3.05, 3.63) is 28.8 Å². The van der Waals surface area contributed by atoms with Gasteiger partial charge >= 0.3 is 13.6 Å². The average molecular weight is 351 g/mol. The first kappa shape index (κ1) is 19.0. The molecular formula is C14H20ClO6P. The highest BCUT2D eigenvalue weighted by atomic mass is 35.5. The fourth-order valence-corrected chi connectivity index (χ4v) is 2.77. The van der Waals surface area contributed by atoms with E-state index in [2.05, 4.69) is 0 Å². The predicted molar refractivity (Wildman–Crippen MR) is 83.1 cm³/mol. The van der Waals surface area contributed by atoms with Gasteiger partial charge in [-0.15, -0.1) is 0 Å². The average Bonchev–Trinajstić information content (AvgIpc) is 2.41. The summed E-state index contributed by atoms with van der Waals surface area (Å²) >= 11 is 5.81. The summed E-state index contributed by atoms with van der Waals surface area (Å²) in [6.45, 7) is 3.22. The number of esters is 1. The van der Waals surface area contributed by atoms with E-state index in [1.165, 1.54) is 0 Å². The molecule has 0 heterocycles. The number of unbranched alkanes of at least 4 members (excludes halogenated alkanes) is 1. The summed E-state index contributed by atoms with van der Waals surface area (Å²) in [6, 6.07) is 4.92. The lowest BCUT2D eigenvalue weighted by atomic mass is 10.2. The number of hydrogen-bond donors (Lipinski definition) is 2. The molecule has 1 atom stereocenters. The standard InChI is InChI=1S/C14H20ClO6P/c1-3-4-5-14(22(17,18)19)21-13(16)9-20-12-7-6-11(15)8-10(12)2/h6-8,14H,3-5,9H2,1-2H3,(H2,17,18,19). The van der Waals surface area contributed by atoms with Crippen molar-refractivity contribution >= 4 is 25.2 Å². The van der Waals surface area contributed by atoms with E-state index in [0.717, 1.165) is 12.0 Å². The van der Waals surface area contributed by atoms with Crippen LogP contribution in [0.15, 0.2) is 18.2 Å². The van der Waals surface area contributed by atoms with Gasteiger partial charge in [0.1, 0.15) is 5.75 Å². The summed E-state index contributed by atoms with van der Waals surface area (Å²) in [6.07, 6.45) is 1.42. The molecule has 0 aliphatic carbocycles. The quantitative estimate of drug-likeness (QED) is 0.552. The van der Waals surface area contributed by atoms with Crippen LogP contribution >= 0.6 is 19.2 Å². The molecule has 1 aromatic rings. The fourth-order valence-electron chi connectivity index (χ4n) is 1.77. The van der Waals surface area contributed by atoms with E-state index in [9.17, 15) is 19.1 Å². The van der Waals surface area contributed by atoms with Crippen LogP contribution in [0.4, 0.5) is 0 Å². The van der Waals surface area contributed by atoms with Gasteiger partial charge in [-0.3, -0.25) is 4.57 Å². The molecule has 0 aromatic heterocycles. The number of rotatable bonds is 8. The topological polar surface area (TPSA) is 93.1 Å². The van der Waals surface area contributed by atoms with Gasteiger partial charge in [-0.05, 0) is 43.5 Å². The number of aryl methyl sites for hydroxylation is 1. The van der Waals surface area contributed by atoms with Gasteiger partial charge in [-0.1, -0.05) is 24.9 Å². The lowest BCUT2D eigenvalue weighted by Crippen LogP contribution is -2.23. The lowest BCUT2D eigenvalue weighted by molar-refractivity contribution is -0.148. The van der Waals surface area contributed by atoms with Gasteiger partial charge < -0.3 is 19.3 Å². The summed E-state index contributed by atoms with van der Waals surface area (Å²) in [5.41, 5.74) is 0.748. The number of ether oxygens (including phenoxy) is 2. The molecule has 1 rings (SSSR count). The van der Waals surface area contributed by atoms with Crippen LogP contribution in [0.25, 0.3) is 0 Å². The van der Waals surface area contributed by atoms with Crippen molar-refractivity contribution in [2.75, 3.05) is 6.61 Å². The molecule has 1 aromatic carbocycles. The maximum Gasteiger partial charge on any atom is 0.365 e. The molecule has 0 radical (unpaired) electrons. The smallest absolute Gasteiger partial charge is 0.365 e. The molecule has 0 spiro atoms. The summed E-state index contributed by atoms with van der Waals surface area (Å²) < 4.78 is 21.4. The molecule has 0 saturated heterocycles. The van der Waals surface area contributed by atoms with Gasteiger partial charge in [-0.2, -0.15) is 0 Å². The molecule has 0 amide bonds. The van der Waals surface area contributed by atoms with Crippen molar-refractivity contribution in [3.63, 3.8) is 0 Å². The first-order chi connectivity index (χ1) is 10.2. The lowest BCUT2D eigenvalue weighted by Gasteiger charge is -2.19. The Hall–Kier alpha value is -1.07. The highest BCUT2D eigenvalue weighted by molar-refractivity contribution is 7.52. The van der Waals surface area contributed by atoms with Crippen LogP contribution in [0.5, 0.6) is 5.75 Å². The number of carbonyl (C=O) groups excluding carboxylic acids is 1. The minimum atomic E-state index is -4.49. The van der Waals surface area contributed by atoms with Crippen LogP contribution in [0, 0.1) is 6.92 Å². The largest absolute Gasteiger partial charge is 0.482 e. The zero-order chi connectivity index (χ0) is 16.8. The van der Waals surface area contributed by atoms with Crippen molar-refractivity contribution in [2.45, 2.75) is 39.0 Å². The molecule has 6 nitrogen and oxygen atoms in total. The van der Waals surface area contributed by atoms with E-state index >= 15 is 0 Å². The zero-order valence-corrected chi connectivity index (χ0v) is 14.1. The first-order valence-electron chi connectivity index (χ1n) is 6.87. The Kier molecular flexibility index (Phi) is 7.36. The second-order valence-electron chi connectivity index (χ2n) is 4.87. The Labute approximate surface area is 134 Å². The molecule has 2 N–H and O–H groups in total. The molecule has 22 heavy (non-hydrogen) atoms. The Balaban J connectivity index is 2.58. The van der Waals surface area contributed by atoms with Crippen LogP contribution in [0.3, 0.4) is 0 Å². The number of carbonyl (C=O) groups is 1. The van der Waals surface area contributed by atoms with E-state index in [-0.39, 0.29) is 6.42 Å². The molecular weight excluding hydrogens is 331 g/mol. The normalized spacial score (nSPS) is 12.8. The van der Waals surface area contributed by atoms with Gasteiger partial charge in [0.05, 0.1) is 0 Å². The molecule has 0 aliphatic rings. The van der Waals surface area contributed by atoms with Crippen molar-refractivity contribution in [3.8, 4) is 5.75 Å². The molecule has 0 aliphatic heterocycles. The van der Waals surface area contributed by atoms with Crippen molar-refractivity contribution < 1.29 is 28.6 Å². The van der Waals surface area contributed by atoms with Gasteiger partial charge in [-0.25, -0.2) is 4.79 Å². The number of hydrogen-bond acceptors (Lipinski definition) is 4. The van der Waals surface area contributed by atoms with Gasteiger partial charge in [0.2, 0.25) is 5.85 Å². The SMILES string of the molecule is CCCCC(OC(=O)COc1ccc(Cl)cc1C)P(=O)(O)O.